The average Bonchev–Trinajstić information content (AvgIpc) is 2.94. The van der Waals surface area contributed by atoms with Crippen molar-refractivity contribution in [3.8, 4) is 0 Å². The van der Waals surface area contributed by atoms with Crippen molar-refractivity contribution in [2.24, 2.45) is 0 Å². The van der Waals surface area contributed by atoms with E-state index in [2.05, 4.69) is 6.92 Å². The van der Waals surface area contributed by atoms with Gasteiger partial charge in [0, 0.05) is 6.42 Å². The van der Waals surface area contributed by atoms with Crippen LogP contribution in [0.5, 0.6) is 0 Å². The Bertz CT molecular complexity index is 680. The Kier molecular flexibility index (Phi) is 17.2. The fraction of sp³-hybridized carbons (Fsp3) is 0.964. The molecule has 40 heavy (non-hydrogen) atoms. The molecule has 2 fully saturated rings. The molecule has 0 unspecified atom stereocenters. The maximum Gasteiger partial charge on any atom is 0.187 e. The van der Waals surface area contributed by atoms with Crippen LogP contribution in [0.2, 0.25) is 0 Å². The van der Waals surface area contributed by atoms with Crippen molar-refractivity contribution in [3.63, 3.8) is 0 Å². The second-order valence-corrected chi connectivity index (χ2v) is 11.0. The second kappa shape index (κ2) is 19.4. The van der Waals surface area contributed by atoms with Crippen molar-refractivity contribution in [1.29, 1.82) is 0 Å². The zero-order valence-corrected chi connectivity index (χ0v) is 23.8. The lowest BCUT2D eigenvalue weighted by Crippen LogP contribution is -2.64. The predicted octanol–water partition coefficient (Wildman–Crippen LogP) is 0.287. The van der Waals surface area contributed by atoms with Gasteiger partial charge in [0.05, 0.1) is 13.2 Å². The molecule has 0 bridgehead atoms. The van der Waals surface area contributed by atoms with E-state index in [1.165, 1.54) is 57.8 Å². The lowest BCUT2D eigenvalue weighted by atomic mass is 9.97. The Morgan fingerprint density at radius 1 is 0.675 bits per heavy atom. The first-order valence-corrected chi connectivity index (χ1v) is 15.0. The second-order valence-electron chi connectivity index (χ2n) is 11.0. The van der Waals surface area contributed by atoms with Gasteiger partial charge in [-0.25, -0.2) is 0 Å². The quantitative estimate of drug-likeness (QED) is 0.0974. The van der Waals surface area contributed by atoms with Gasteiger partial charge < -0.3 is 54.7 Å². The number of ketones is 1. The van der Waals surface area contributed by atoms with E-state index in [0.717, 1.165) is 19.3 Å². The van der Waals surface area contributed by atoms with Gasteiger partial charge in [-0.2, -0.15) is 0 Å². The Labute approximate surface area is 237 Å². The van der Waals surface area contributed by atoms with E-state index in [1.54, 1.807) is 0 Å². The number of aliphatic hydroxyl groups is 7. The highest BCUT2D eigenvalue weighted by atomic mass is 16.7. The first-order valence-electron chi connectivity index (χ1n) is 15.0. The monoisotopic (exact) mass is 580 g/mol. The number of hydrogen-bond acceptors (Lipinski definition) is 12. The molecule has 7 N–H and O–H groups in total. The number of carbonyl (C=O) groups is 1. The predicted molar refractivity (Wildman–Crippen MR) is 143 cm³/mol. The minimum atomic E-state index is -1.76. The molecule has 0 amide bonds. The summed E-state index contributed by atoms with van der Waals surface area (Å²) in [5.74, 6) is -0.0911. The molecule has 2 saturated heterocycles. The van der Waals surface area contributed by atoms with Crippen molar-refractivity contribution in [2.45, 2.75) is 152 Å². The van der Waals surface area contributed by atoms with Crippen LogP contribution in [0.15, 0.2) is 0 Å². The SMILES string of the molecule is CCCCCCCCCCCCCCC(=O)COC[C@H]1O[C@@H](O[C@H]2[C@H](O)[C@@H](O)[C@H](O)O[C@@H]2CO)[C@H](O)[C@@H](O)[C@@H]1O. The number of carbonyl (C=O) groups excluding carboxylic acids is 1. The largest absolute Gasteiger partial charge is 0.394 e. The summed E-state index contributed by atoms with van der Waals surface area (Å²) < 4.78 is 21.5. The maximum absolute atomic E-state index is 12.2. The van der Waals surface area contributed by atoms with E-state index >= 15 is 0 Å². The number of unbranched alkanes of at least 4 members (excludes halogenated alkanes) is 11. The standard InChI is InChI=1S/C28H52O12/c1-2-3-4-5-6-7-8-9-10-11-12-13-14-18(30)16-37-17-20-21(31)22(32)25(35)28(39-20)40-26-19(15-29)38-27(36)24(34)23(26)33/h19-29,31-36H,2-17H2,1H3/t19-,20-,21-,22+,23-,24-,25-,26-,27-,28+/m1/s1. The van der Waals surface area contributed by atoms with Gasteiger partial charge in [0.1, 0.15) is 55.4 Å². The number of hydrogen-bond donors (Lipinski definition) is 7. The number of aliphatic hydroxyl groups excluding tert-OH is 7. The van der Waals surface area contributed by atoms with Crippen molar-refractivity contribution >= 4 is 5.78 Å². The van der Waals surface area contributed by atoms with E-state index in [1.807, 2.05) is 0 Å². The molecule has 0 aromatic heterocycles. The fourth-order valence-electron chi connectivity index (χ4n) is 5.08. The molecule has 0 radical (unpaired) electrons. The Morgan fingerprint density at radius 2 is 1.25 bits per heavy atom. The molecule has 2 rings (SSSR count). The molecule has 0 aromatic rings. The Hall–Kier alpha value is -0.770. The van der Waals surface area contributed by atoms with Gasteiger partial charge >= 0.3 is 0 Å². The summed E-state index contributed by atoms with van der Waals surface area (Å²) in [5, 5.41) is 70.2. The van der Waals surface area contributed by atoms with Crippen LogP contribution in [-0.2, 0) is 23.7 Å². The molecular weight excluding hydrogens is 528 g/mol. The van der Waals surface area contributed by atoms with Crippen LogP contribution in [0.1, 0.15) is 90.4 Å². The minimum absolute atomic E-state index is 0.0911. The van der Waals surface area contributed by atoms with E-state index in [0.29, 0.717) is 6.42 Å². The van der Waals surface area contributed by atoms with Crippen molar-refractivity contribution in [1.82, 2.24) is 0 Å². The first kappa shape index (κ1) is 35.4. The summed E-state index contributed by atoms with van der Waals surface area (Å²) in [7, 11) is 0. The van der Waals surface area contributed by atoms with Crippen LogP contribution < -0.4 is 0 Å². The Balaban J connectivity index is 1.65. The molecule has 10 atom stereocenters. The molecule has 2 aliphatic rings. The molecule has 2 heterocycles. The van der Waals surface area contributed by atoms with Crippen LogP contribution in [0, 0.1) is 0 Å². The average molecular weight is 581 g/mol. The lowest BCUT2D eigenvalue weighted by Gasteiger charge is -2.45. The number of rotatable bonds is 20. The molecule has 2 aliphatic heterocycles. The highest BCUT2D eigenvalue weighted by Crippen LogP contribution is 2.28. The molecule has 0 spiro atoms. The van der Waals surface area contributed by atoms with Gasteiger partial charge in [-0.05, 0) is 6.42 Å². The molecule has 0 saturated carbocycles. The summed E-state index contributed by atoms with van der Waals surface area (Å²) in [6.45, 7) is 1.07. The van der Waals surface area contributed by atoms with Crippen LogP contribution in [0.4, 0.5) is 0 Å². The van der Waals surface area contributed by atoms with Crippen LogP contribution in [0.25, 0.3) is 0 Å². The summed E-state index contributed by atoms with van der Waals surface area (Å²) in [4.78, 5) is 12.2. The highest BCUT2D eigenvalue weighted by Gasteiger charge is 2.50. The third-order valence-electron chi connectivity index (χ3n) is 7.65. The zero-order chi connectivity index (χ0) is 29.5. The molecule has 12 nitrogen and oxygen atoms in total. The van der Waals surface area contributed by atoms with Crippen molar-refractivity contribution in [3.05, 3.63) is 0 Å². The number of ether oxygens (including phenoxy) is 4. The van der Waals surface area contributed by atoms with Crippen LogP contribution in [-0.4, -0.2) is 123 Å². The summed E-state index contributed by atoms with van der Waals surface area (Å²) >= 11 is 0. The van der Waals surface area contributed by atoms with Gasteiger partial charge in [-0.3, -0.25) is 4.79 Å². The smallest absolute Gasteiger partial charge is 0.187 e. The maximum atomic E-state index is 12.2. The first-order chi connectivity index (χ1) is 19.2. The fourth-order valence-corrected chi connectivity index (χ4v) is 5.08. The Morgan fingerprint density at radius 3 is 1.82 bits per heavy atom. The molecule has 0 aromatic carbocycles. The van der Waals surface area contributed by atoms with Gasteiger partial charge in [-0.15, -0.1) is 0 Å². The lowest BCUT2D eigenvalue weighted by molar-refractivity contribution is -0.355. The third kappa shape index (κ3) is 11.5. The summed E-state index contributed by atoms with van der Waals surface area (Å²) in [5.41, 5.74) is 0. The van der Waals surface area contributed by atoms with Gasteiger partial charge in [0.25, 0.3) is 0 Å². The molecule has 0 aliphatic carbocycles. The normalized spacial score (nSPS) is 34.7. The van der Waals surface area contributed by atoms with Crippen molar-refractivity contribution < 1.29 is 59.5 Å². The van der Waals surface area contributed by atoms with Gasteiger partial charge in [0.2, 0.25) is 0 Å². The third-order valence-corrected chi connectivity index (χ3v) is 7.65. The van der Waals surface area contributed by atoms with Gasteiger partial charge in [-0.1, -0.05) is 77.6 Å². The summed E-state index contributed by atoms with van der Waals surface area (Å²) in [6, 6.07) is 0. The van der Waals surface area contributed by atoms with E-state index in [4.69, 9.17) is 18.9 Å². The molecule has 236 valence electrons. The highest BCUT2D eigenvalue weighted by molar-refractivity contribution is 5.79. The van der Waals surface area contributed by atoms with Crippen molar-refractivity contribution in [2.75, 3.05) is 19.8 Å². The minimum Gasteiger partial charge on any atom is -0.394 e. The number of Topliss-reactive ketones (excluding diaryl/α,β-unsaturated/α-hetero) is 1. The molecule has 12 heteroatoms. The molecular formula is C28H52O12. The van der Waals surface area contributed by atoms with E-state index in [-0.39, 0.29) is 19.0 Å². The summed E-state index contributed by atoms with van der Waals surface area (Å²) in [6.07, 6.45) is -0.832. The van der Waals surface area contributed by atoms with E-state index in [9.17, 15) is 40.5 Å². The van der Waals surface area contributed by atoms with E-state index < -0.39 is 68.0 Å². The van der Waals surface area contributed by atoms with Gasteiger partial charge in [0.15, 0.2) is 18.4 Å². The van der Waals surface area contributed by atoms with Crippen LogP contribution in [0.3, 0.4) is 0 Å². The topological polar surface area (TPSA) is 196 Å². The zero-order valence-electron chi connectivity index (χ0n) is 23.8. The van der Waals surface area contributed by atoms with Crippen LogP contribution >= 0.6 is 0 Å².